The number of pyridine rings is 2. The number of imidazole rings is 1. The molecule has 6 aromatic carbocycles. The van der Waals surface area contributed by atoms with Gasteiger partial charge in [0.15, 0.2) is 11.9 Å². The molecule has 4 heteroatoms. The second-order valence-corrected chi connectivity index (χ2v) is 13.4. The molecule has 12 rings (SSSR count). The molecule has 1 atom stereocenters. The first kappa shape index (κ1) is 24.3. The van der Waals surface area contributed by atoms with Crippen LogP contribution >= 0.6 is 0 Å². The first-order chi connectivity index (χ1) is 23.2. The van der Waals surface area contributed by atoms with E-state index in [1.54, 1.807) is 0 Å². The lowest BCUT2D eigenvalue weighted by Crippen LogP contribution is -2.71. The maximum Gasteiger partial charge on any atom is 0.371 e. The minimum atomic E-state index is -0.624. The van der Waals surface area contributed by atoms with E-state index < -0.39 is 5.66 Å². The second-order valence-electron chi connectivity index (χ2n) is 13.4. The molecule has 0 saturated heterocycles. The van der Waals surface area contributed by atoms with Gasteiger partial charge in [0.05, 0.1) is 10.9 Å². The van der Waals surface area contributed by atoms with Gasteiger partial charge in [0.2, 0.25) is 5.69 Å². The van der Waals surface area contributed by atoms with Crippen LogP contribution in [-0.2, 0) is 5.66 Å². The van der Waals surface area contributed by atoms with E-state index in [2.05, 4.69) is 155 Å². The van der Waals surface area contributed by atoms with Crippen molar-refractivity contribution in [3.8, 4) is 34.0 Å². The van der Waals surface area contributed by atoms with Gasteiger partial charge in [-0.05, 0) is 71.5 Å². The Morgan fingerprint density at radius 2 is 1.28 bits per heavy atom. The quantitative estimate of drug-likeness (QED) is 0.136. The largest absolute Gasteiger partial charge is 0.456 e. The zero-order valence-electron chi connectivity index (χ0n) is 25.9. The number of fused-ring (bicyclic) bond motifs is 10. The summed E-state index contributed by atoms with van der Waals surface area (Å²) in [7, 11) is 0. The molecule has 1 spiro atoms. The van der Waals surface area contributed by atoms with Gasteiger partial charge in [-0.15, -0.1) is 4.57 Å². The van der Waals surface area contributed by atoms with Gasteiger partial charge in [-0.2, -0.15) is 8.97 Å². The van der Waals surface area contributed by atoms with Crippen LogP contribution in [0.2, 0.25) is 0 Å². The summed E-state index contributed by atoms with van der Waals surface area (Å²) in [4.78, 5) is 0. The van der Waals surface area contributed by atoms with Crippen LogP contribution < -0.4 is 13.9 Å². The number of benzene rings is 6. The molecule has 0 N–H and O–H groups in total. The Balaban J connectivity index is 1.45. The zero-order chi connectivity index (χ0) is 30.8. The van der Waals surface area contributed by atoms with E-state index in [1.807, 2.05) is 0 Å². The van der Waals surface area contributed by atoms with Crippen LogP contribution in [0.25, 0.3) is 71.4 Å². The van der Waals surface area contributed by atoms with Gasteiger partial charge in [0, 0.05) is 33.9 Å². The van der Waals surface area contributed by atoms with Crippen LogP contribution in [0.4, 0.5) is 0 Å². The molecule has 0 saturated carbocycles. The Morgan fingerprint density at radius 1 is 0.574 bits per heavy atom. The number of hydrogen-bond donors (Lipinski definition) is 0. The fraction of sp³-hybridized carbons (Fsp3) is 0.0698. The van der Waals surface area contributed by atoms with E-state index in [0.717, 1.165) is 11.5 Å². The predicted molar refractivity (Wildman–Crippen MR) is 186 cm³/mol. The average Bonchev–Trinajstić information content (AvgIpc) is 3.74. The summed E-state index contributed by atoms with van der Waals surface area (Å²) in [5.41, 5.74) is 11.7. The number of nitrogens with zero attached hydrogens (tertiary/aromatic N) is 3. The molecule has 1 unspecified atom stereocenters. The van der Waals surface area contributed by atoms with Crippen molar-refractivity contribution in [2.75, 3.05) is 0 Å². The smallest absolute Gasteiger partial charge is 0.371 e. The Labute approximate surface area is 269 Å². The molecule has 0 fully saturated rings. The van der Waals surface area contributed by atoms with Gasteiger partial charge < -0.3 is 4.74 Å². The van der Waals surface area contributed by atoms with E-state index >= 15 is 0 Å². The molecule has 3 aromatic heterocycles. The van der Waals surface area contributed by atoms with Crippen molar-refractivity contribution in [1.82, 2.24) is 4.40 Å². The van der Waals surface area contributed by atoms with Gasteiger partial charge in [0.25, 0.3) is 0 Å². The first-order valence-electron chi connectivity index (χ1n) is 16.4. The molecule has 3 aliphatic heterocycles. The number of ether oxygens (including phenoxy) is 1. The average molecular weight is 602 g/mol. The lowest BCUT2D eigenvalue weighted by atomic mass is 9.85. The maximum absolute atomic E-state index is 6.87. The van der Waals surface area contributed by atoms with Crippen LogP contribution in [0.1, 0.15) is 22.3 Å². The standard InChI is InChI=1S/C43H27N3O/c1-24-11-9-12-25(2)36(24)33-23-45-42-38-31(37-28-15-5-3-13-26(28)27-14-4-6-16-29(27)41(37)46(33)42)20-21-35-40(38)43(45)39-30(17-10-19-34(39)47-35)32-18-7-8-22-44(32)43/h3-23H,1-2H3/q+2. The van der Waals surface area contributed by atoms with Crippen molar-refractivity contribution in [2.45, 2.75) is 19.5 Å². The van der Waals surface area contributed by atoms with E-state index in [4.69, 9.17) is 4.74 Å². The summed E-state index contributed by atoms with van der Waals surface area (Å²) >= 11 is 0. The van der Waals surface area contributed by atoms with Gasteiger partial charge in [-0.1, -0.05) is 72.8 Å². The molecule has 0 radical (unpaired) electrons. The van der Waals surface area contributed by atoms with E-state index in [-0.39, 0.29) is 0 Å². The number of aromatic nitrogens is 3. The van der Waals surface area contributed by atoms with E-state index in [1.165, 1.54) is 93.6 Å². The van der Waals surface area contributed by atoms with Crippen molar-refractivity contribution in [2.24, 2.45) is 0 Å². The third kappa shape index (κ3) is 2.50. The van der Waals surface area contributed by atoms with Crippen molar-refractivity contribution < 1.29 is 13.9 Å². The van der Waals surface area contributed by atoms with Crippen molar-refractivity contribution >= 4 is 48.9 Å². The minimum absolute atomic E-state index is 0.624. The number of aryl methyl sites for hydroxylation is 2. The summed E-state index contributed by atoms with van der Waals surface area (Å²) in [6, 6.07) is 42.2. The summed E-state index contributed by atoms with van der Waals surface area (Å²) in [5.74, 6) is 1.85. The summed E-state index contributed by atoms with van der Waals surface area (Å²) in [6.07, 6.45) is 4.71. The Bertz CT molecular complexity index is 2950. The first-order valence-corrected chi connectivity index (χ1v) is 16.4. The molecule has 0 aliphatic carbocycles. The van der Waals surface area contributed by atoms with Gasteiger partial charge in [-0.3, -0.25) is 0 Å². The normalized spacial score (nSPS) is 16.6. The van der Waals surface area contributed by atoms with Crippen LogP contribution in [0.3, 0.4) is 0 Å². The van der Waals surface area contributed by atoms with E-state index in [0.29, 0.717) is 0 Å². The van der Waals surface area contributed by atoms with Crippen molar-refractivity contribution in [3.63, 3.8) is 0 Å². The zero-order valence-corrected chi connectivity index (χ0v) is 25.9. The number of rotatable bonds is 1. The molecular formula is C43H27N3O+2. The molecule has 9 aromatic rings. The highest BCUT2D eigenvalue weighted by Crippen LogP contribution is 2.58. The molecule has 218 valence electrons. The molecule has 6 heterocycles. The Kier molecular flexibility index (Phi) is 4.06. The number of hydrogen-bond acceptors (Lipinski definition) is 1. The topological polar surface area (TPSA) is 21.4 Å². The third-order valence-electron chi connectivity index (χ3n) is 11.2. The Morgan fingerprint density at radius 3 is 2.11 bits per heavy atom. The van der Waals surface area contributed by atoms with E-state index in [9.17, 15) is 0 Å². The minimum Gasteiger partial charge on any atom is -0.456 e. The summed E-state index contributed by atoms with van der Waals surface area (Å²) in [5, 5.41) is 8.90. The molecule has 0 amide bonds. The second kappa shape index (κ2) is 7.86. The van der Waals surface area contributed by atoms with Crippen LogP contribution in [0.15, 0.2) is 128 Å². The third-order valence-corrected chi connectivity index (χ3v) is 11.2. The molecule has 3 aliphatic rings. The fourth-order valence-electron chi connectivity index (χ4n) is 9.62. The van der Waals surface area contributed by atoms with Crippen molar-refractivity contribution in [3.05, 3.63) is 150 Å². The highest BCUT2D eigenvalue weighted by atomic mass is 16.5. The highest BCUT2D eigenvalue weighted by Gasteiger charge is 2.68. The van der Waals surface area contributed by atoms with Crippen molar-refractivity contribution in [1.29, 1.82) is 0 Å². The molecule has 47 heavy (non-hydrogen) atoms. The summed E-state index contributed by atoms with van der Waals surface area (Å²) in [6.45, 7) is 4.50. The summed E-state index contributed by atoms with van der Waals surface area (Å²) < 4.78 is 14.5. The van der Waals surface area contributed by atoms with Gasteiger partial charge in [0.1, 0.15) is 34.3 Å². The van der Waals surface area contributed by atoms with Crippen LogP contribution in [0, 0.1) is 13.8 Å². The molecular weight excluding hydrogens is 574 g/mol. The maximum atomic E-state index is 6.87. The van der Waals surface area contributed by atoms with Crippen LogP contribution in [0.5, 0.6) is 11.5 Å². The monoisotopic (exact) mass is 601 g/mol. The van der Waals surface area contributed by atoms with Crippen LogP contribution in [-0.4, -0.2) is 4.40 Å². The SMILES string of the molecule is Cc1cccc(C)c1-c1c[n+]2c3c4c5c(ccc4c4c6ccccc6c6ccccc6c4n13)Oc1cccc3c1C52[n+]1ccccc1-3. The predicted octanol–water partition coefficient (Wildman–Crippen LogP) is 9.11. The van der Waals surface area contributed by atoms with Gasteiger partial charge in [-0.25, -0.2) is 0 Å². The fourth-order valence-corrected chi connectivity index (χ4v) is 9.62. The highest BCUT2D eigenvalue weighted by molar-refractivity contribution is 6.32. The molecule has 0 bridgehead atoms. The lowest BCUT2D eigenvalue weighted by Gasteiger charge is -2.27. The van der Waals surface area contributed by atoms with Gasteiger partial charge >= 0.3 is 11.3 Å². The lowest BCUT2D eigenvalue weighted by molar-refractivity contribution is -0.950. The molecule has 4 nitrogen and oxygen atoms in total. The Hall–Kier alpha value is -6.00.